The van der Waals surface area contributed by atoms with E-state index in [0.29, 0.717) is 5.41 Å². The summed E-state index contributed by atoms with van der Waals surface area (Å²) in [5.41, 5.74) is 7.16. The number of hydrogen-bond donors (Lipinski definition) is 1. The van der Waals surface area contributed by atoms with E-state index < -0.39 is 0 Å². The van der Waals surface area contributed by atoms with Crippen molar-refractivity contribution >= 4 is 17.0 Å². The first kappa shape index (κ1) is 9.59. The second-order valence-electron chi connectivity index (χ2n) is 4.36. The molecule has 0 bridgehead atoms. The maximum absolute atomic E-state index is 5.78. The van der Waals surface area contributed by atoms with Gasteiger partial charge in [-0.15, -0.1) is 11.3 Å². The highest BCUT2D eigenvalue weighted by atomic mass is 32.1. The predicted molar refractivity (Wildman–Crippen MR) is 56.5 cm³/mol. The predicted octanol–water partition coefficient (Wildman–Crippen LogP) is 3.31. The minimum atomic E-state index is 0.413. The largest absolute Gasteiger partial charge is 0.398 e. The van der Waals surface area contributed by atoms with E-state index in [1.165, 1.54) is 11.3 Å². The maximum atomic E-state index is 5.78. The Kier molecular flexibility index (Phi) is 2.78. The van der Waals surface area contributed by atoms with Crippen LogP contribution in [0.25, 0.3) is 0 Å². The highest BCUT2D eigenvalue weighted by Gasteiger charge is 2.11. The smallest absolute Gasteiger partial charge is 0.0455 e. The Hall–Kier alpha value is -0.500. The van der Waals surface area contributed by atoms with Gasteiger partial charge < -0.3 is 5.73 Å². The molecule has 0 saturated carbocycles. The third-order valence-corrected chi connectivity index (χ3v) is 2.88. The molecule has 12 heavy (non-hydrogen) atoms. The van der Waals surface area contributed by atoms with Crippen molar-refractivity contribution in [1.82, 2.24) is 0 Å². The lowest BCUT2D eigenvalue weighted by Crippen LogP contribution is -2.06. The molecular formula is C10H17NS. The van der Waals surface area contributed by atoms with Crippen molar-refractivity contribution in [3.63, 3.8) is 0 Å². The summed E-state index contributed by atoms with van der Waals surface area (Å²) >= 11 is 1.77. The molecule has 1 nitrogen and oxygen atoms in total. The first-order valence-corrected chi connectivity index (χ1v) is 5.19. The molecule has 0 amide bonds. The van der Waals surface area contributed by atoms with E-state index in [4.69, 9.17) is 5.73 Å². The summed E-state index contributed by atoms with van der Waals surface area (Å²) in [6.07, 6.45) is 2.32. The SMILES string of the molecule is CC(C)(C)CCc1sccc1N. The monoisotopic (exact) mass is 183 g/mol. The molecule has 0 saturated heterocycles. The third-order valence-electron chi connectivity index (χ3n) is 1.88. The van der Waals surface area contributed by atoms with Crippen LogP contribution >= 0.6 is 11.3 Å². The van der Waals surface area contributed by atoms with Crippen molar-refractivity contribution in [2.24, 2.45) is 5.41 Å². The first-order valence-electron chi connectivity index (χ1n) is 4.31. The van der Waals surface area contributed by atoms with Crippen molar-refractivity contribution in [1.29, 1.82) is 0 Å². The van der Waals surface area contributed by atoms with E-state index in [2.05, 4.69) is 26.2 Å². The Balaban J connectivity index is 2.49. The zero-order valence-electron chi connectivity index (χ0n) is 8.05. The Morgan fingerprint density at radius 3 is 2.50 bits per heavy atom. The maximum Gasteiger partial charge on any atom is 0.0455 e. The fourth-order valence-electron chi connectivity index (χ4n) is 1.04. The zero-order valence-corrected chi connectivity index (χ0v) is 8.87. The van der Waals surface area contributed by atoms with E-state index >= 15 is 0 Å². The molecule has 0 unspecified atom stereocenters. The fraction of sp³-hybridized carbons (Fsp3) is 0.600. The van der Waals surface area contributed by atoms with Crippen molar-refractivity contribution in [2.75, 3.05) is 5.73 Å². The van der Waals surface area contributed by atoms with Crippen molar-refractivity contribution in [3.05, 3.63) is 16.3 Å². The van der Waals surface area contributed by atoms with Crippen molar-refractivity contribution in [2.45, 2.75) is 33.6 Å². The highest BCUT2D eigenvalue weighted by Crippen LogP contribution is 2.26. The quantitative estimate of drug-likeness (QED) is 0.748. The number of anilines is 1. The van der Waals surface area contributed by atoms with Gasteiger partial charge in [-0.05, 0) is 29.7 Å². The van der Waals surface area contributed by atoms with Gasteiger partial charge in [0.25, 0.3) is 0 Å². The van der Waals surface area contributed by atoms with Crippen LogP contribution in [0.5, 0.6) is 0 Å². The van der Waals surface area contributed by atoms with Gasteiger partial charge in [0.05, 0.1) is 0 Å². The first-order chi connectivity index (χ1) is 5.49. The van der Waals surface area contributed by atoms with E-state index in [-0.39, 0.29) is 0 Å². The Morgan fingerprint density at radius 2 is 2.08 bits per heavy atom. The van der Waals surface area contributed by atoms with Crippen LogP contribution in [-0.4, -0.2) is 0 Å². The number of hydrogen-bond acceptors (Lipinski definition) is 2. The zero-order chi connectivity index (χ0) is 9.19. The molecule has 0 aliphatic rings. The highest BCUT2D eigenvalue weighted by molar-refractivity contribution is 7.10. The standard InChI is InChI=1S/C10H17NS/c1-10(2,3)6-4-9-8(11)5-7-12-9/h5,7H,4,6,11H2,1-3H3. The van der Waals surface area contributed by atoms with Gasteiger partial charge in [-0.1, -0.05) is 20.8 Å². The normalized spacial score (nSPS) is 11.9. The summed E-state index contributed by atoms with van der Waals surface area (Å²) in [6.45, 7) is 6.78. The molecule has 1 heterocycles. The lowest BCUT2D eigenvalue weighted by Gasteiger charge is -2.17. The molecule has 0 aliphatic heterocycles. The molecule has 1 rings (SSSR count). The molecule has 1 aromatic rings. The fourth-order valence-corrected chi connectivity index (χ4v) is 1.85. The molecule has 2 N–H and O–H groups in total. The minimum Gasteiger partial charge on any atom is -0.398 e. The van der Waals surface area contributed by atoms with Crippen LogP contribution in [0, 0.1) is 5.41 Å². The van der Waals surface area contributed by atoms with Gasteiger partial charge >= 0.3 is 0 Å². The number of nitrogens with two attached hydrogens (primary N) is 1. The van der Waals surface area contributed by atoms with Gasteiger partial charge in [-0.3, -0.25) is 0 Å². The van der Waals surface area contributed by atoms with Gasteiger partial charge in [0.2, 0.25) is 0 Å². The van der Waals surface area contributed by atoms with Crippen molar-refractivity contribution < 1.29 is 0 Å². The molecule has 0 spiro atoms. The molecular weight excluding hydrogens is 166 g/mol. The molecule has 68 valence electrons. The van der Waals surface area contributed by atoms with Gasteiger partial charge in [0.1, 0.15) is 0 Å². The average Bonchev–Trinajstić information content (AvgIpc) is 2.29. The van der Waals surface area contributed by atoms with Gasteiger partial charge in [0.15, 0.2) is 0 Å². The van der Waals surface area contributed by atoms with Crippen LogP contribution in [0.15, 0.2) is 11.4 Å². The molecule has 0 aliphatic carbocycles. The molecule has 0 radical (unpaired) electrons. The Labute approximate surface area is 78.6 Å². The van der Waals surface area contributed by atoms with Crippen LogP contribution in [0.4, 0.5) is 5.69 Å². The number of aryl methyl sites for hydroxylation is 1. The summed E-state index contributed by atoms with van der Waals surface area (Å²) in [5.74, 6) is 0. The number of thiophene rings is 1. The third kappa shape index (κ3) is 2.86. The lowest BCUT2D eigenvalue weighted by molar-refractivity contribution is 0.379. The number of rotatable bonds is 2. The molecule has 2 heteroatoms. The lowest BCUT2D eigenvalue weighted by atomic mass is 9.90. The van der Waals surface area contributed by atoms with Crippen LogP contribution in [-0.2, 0) is 6.42 Å². The van der Waals surface area contributed by atoms with Crippen LogP contribution in [0.2, 0.25) is 0 Å². The average molecular weight is 183 g/mol. The van der Waals surface area contributed by atoms with Gasteiger partial charge in [-0.25, -0.2) is 0 Å². The van der Waals surface area contributed by atoms with E-state index in [1.807, 2.05) is 6.07 Å². The molecule has 0 atom stereocenters. The molecule has 0 fully saturated rings. The van der Waals surface area contributed by atoms with Crippen LogP contribution in [0.3, 0.4) is 0 Å². The summed E-state index contributed by atoms with van der Waals surface area (Å²) in [5, 5.41) is 2.06. The Morgan fingerprint density at radius 1 is 1.42 bits per heavy atom. The second-order valence-corrected chi connectivity index (χ2v) is 5.36. The Bertz CT molecular complexity index is 245. The second kappa shape index (κ2) is 3.48. The van der Waals surface area contributed by atoms with Crippen LogP contribution < -0.4 is 5.73 Å². The number of nitrogen functional groups attached to an aromatic ring is 1. The summed E-state index contributed by atoms with van der Waals surface area (Å²) in [7, 11) is 0. The summed E-state index contributed by atoms with van der Waals surface area (Å²) in [6, 6.07) is 1.99. The van der Waals surface area contributed by atoms with Gasteiger partial charge in [-0.2, -0.15) is 0 Å². The molecule has 1 aromatic heterocycles. The minimum absolute atomic E-state index is 0.413. The van der Waals surface area contributed by atoms with Crippen LogP contribution in [0.1, 0.15) is 32.1 Å². The van der Waals surface area contributed by atoms with E-state index in [0.717, 1.165) is 12.1 Å². The summed E-state index contributed by atoms with van der Waals surface area (Å²) < 4.78 is 0. The van der Waals surface area contributed by atoms with E-state index in [9.17, 15) is 0 Å². The van der Waals surface area contributed by atoms with E-state index in [1.54, 1.807) is 11.3 Å². The summed E-state index contributed by atoms with van der Waals surface area (Å²) in [4.78, 5) is 1.34. The van der Waals surface area contributed by atoms with Gasteiger partial charge in [0, 0.05) is 10.6 Å². The molecule has 0 aromatic carbocycles. The van der Waals surface area contributed by atoms with Crippen molar-refractivity contribution in [3.8, 4) is 0 Å². The topological polar surface area (TPSA) is 26.0 Å².